The summed E-state index contributed by atoms with van der Waals surface area (Å²) in [6.45, 7) is 3.98. The third kappa shape index (κ3) is 3.50. The Labute approximate surface area is 251 Å². The fraction of sp³-hybridized carbons (Fsp3) is 0.0244. The number of hydrogen-bond donors (Lipinski definition) is 0. The van der Waals surface area contributed by atoms with E-state index in [0.29, 0.717) is 0 Å². The van der Waals surface area contributed by atoms with Crippen LogP contribution in [0.15, 0.2) is 174 Å². The zero-order valence-electron chi connectivity index (χ0n) is 23.1. The van der Waals surface area contributed by atoms with Gasteiger partial charge in [0.2, 0.25) is 0 Å². The summed E-state index contributed by atoms with van der Waals surface area (Å²) in [5, 5.41) is 2.61. The van der Waals surface area contributed by atoms with Gasteiger partial charge in [-0.15, -0.1) is 0 Å². The normalized spacial score (nSPS) is 14.4. The Balaban J connectivity index is 1.57. The van der Waals surface area contributed by atoms with E-state index in [1.165, 1.54) is 70.6 Å². The Morgan fingerprint density at radius 3 is 1.95 bits per heavy atom. The van der Waals surface area contributed by atoms with Crippen LogP contribution in [0, 0.1) is 0 Å². The molecule has 0 N–H and O–H groups in total. The molecule has 0 radical (unpaired) electrons. The second-order valence-electron chi connectivity index (χ2n) is 10.8. The standard InChI is InChI=1S/C41H28S/c1-2-3-5-21-36(32-27-26-28-15-14-25-38-39(28)40(32)33-20-10-13-24-37(33)42-38)41(29-16-6-4-7-17-29)34-22-11-8-18-30(34)31-19-9-12-23-35(31)41/h2-27H,1H2/b5-3-,36-21+. The average molecular weight is 553 g/mol. The number of rotatable bonds is 5. The number of fused-ring (bicyclic) bond motifs is 5. The maximum absolute atomic E-state index is 3.98. The van der Waals surface area contributed by atoms with E-state index >= 15 is 0 Å². The van der Waals surface area contributed by atoms with Gasteiger partial charge in [-0.05, 0) is 67.6 Å². The Morgan fingerprint density at radius 2 is 1.21 bits per heavy atom. The molecule has 0 amide bonds. The maximum atomic E-state index is 3.98. The summed E-state index contributed by atoms with van der Waals surface area (Å²) >= 11 is 1.88. The van der Waals surface area contributed by atoms with Gasteiger partial charge in [-0.1, -0.05) is 164 Å². The lowest BCUT2D eigenvalue weighted by atomic mass is 9.64. The van der Waals surface area contributed by atoms with Crippen LogP contribution in [0.1, 0.15) is 22.3 Å². The minimum Gasteiger partial charge on any atom is -0.0991 e. The van der Waals surface area contributed by atoms with E-state index in [1.54, 1.807) is 0 Å². The van der Waals surface area contributed by atoms with E-state index in [-0.39, 0.29) is 0 Å². The highest BCUT2D eigenvalue weighted by molar-refractivity contribution is 7.99. The Bertz CT molecular complexity index is 2030. The van der Waals surface area contributed by atoms with Crippen molar-refractivity contribution in [1.29, 1.82) is 0 Å². The number of allylic oxidation sites excluding steroid dienone is 5. The fourth-order valence-corrected chi connectivity index (χ4v) is 8.27. The molecule has 0 saturated carbocycles. The van der Waals surface area contributed by atoms with Gasteiger partial charge in [0.05, 0.1) is 5.41 Å². The predicted molar refractivity (Wildman–Crippen MR) is 179 cm³/mol. The van der Waals surface area contributed by atoms with E-state index < -0.39 is 5.41 Å². The van der Waals surface area contributed by atoms with E-state index in [1.807, 2.05) is 23.9 Å². The summed E-state index contributed by atoms with van der Waals surface area (Å²) in [5.41, 5.74) is 11.1. The summed E-state index contributed by atoms with van der Waals surface area (Å²) in [5.74, 6) is 0. The van der Waals surface area contributed by atoms with Crippen LogP contribution < -0.4 is 0 Å². The van der Waals surface area contributed by atoms with Crippen molar-refractivity contribution in [2.24, 2.45) is 0 Å². The molecule has 0 unspecified atom stereocenters. The number of hydrogen-bond acceptors (Lipinski definition) is 1. The summed E-state index contributed by atoms with van der Waals surface area (Å²) < 4.78 is 0. The fourth-order valence-electron chi connectivity index (χ4n) is 7.14. The summed E-state index contributed by atoms with van der Waals surface area (Å²) in [4.78, 5) is 2.61. The first-order valence-electron chi connectivity index (χ1n) is 14.4. The van der Waals surface area contributed by atoms with Gasteiger partial charge in [0.25, 0.3) is 0 Å². The van der Waals surface area contributed by atoms with Crippen molar-refractivity contribution in [2.45, 2.75) is 15.2 Å². The monoisotopic (exact) mass is 552 g/mol. The van der Waals surface area contributed by atoms with Crippen LogP contribution in [0.25, 0.3) is 38.6 Å². The molecule has 198 valence electrons. The van der Waals surface area contributed by atoms with Crippen molar-refractivity contribution < 1.29 is 0 Å². The minimum absolute atomic E-state index is 0.515. The smallest absolute Gasteiger partial charge is 0.0719 e. The first-order chi connectivity index (χ1) is 20.8. The molecule has 1 heteroatoms. The third-order valence-corrected chi connectivity index (χ3v) is 9.88. The van der Waals surface area contributed by atoms with Crippen molar-refractivity contribution in [3.8, 4) is 22.3 Å². The molecular weight excluding hydrogens is 525 g/mol. The van der Waals surface area contributed by atoms with E-state index in [2.05, 4.69) is 152 Å². The van der Waals surface area contributed by atoms with Crippen molar-refractivity contribution in [1.82, 2.24) is 0 Å². The first kappa shape index (κ1) is 24.9. The molecule has 0 fully saturated rings. The third-order valence-electron chi connectivity index (χ3n) is 8.75. The lowest BCUT2D eigenvalue weighted by Gasteiger charge is -2.37. The lowest BCUT2D eigenvalue weighted by molar-refractivity contribution is 0.827. The van der Waals surface area contributed by atoms with Gasteiger partial charge >= 0.3 is 0 Å². The highest BCUT2D eigenvalue weighted by atomic mass is 32.2. The zero-order chi connectivity index (χ0) is 28.1. The van der Waals surface area contributed by atoms with Crippen LogP contribution in [0.5, 0.6) is 0 Å². The molecule has 0 saturated heterocycles. The van der Waals surface area contributed by atoms with Crippen molar-refractivity contribution in [3.05, 3.63) is 187 Å². The van der Waals surface area contributed by atoms with Crippen molar-refractivity contribution in [3.63, 3.8) is 0 Å². The van der Waals surface area contributed by atoms with Crippen LogP contribution in [-0.4, -0.2) is 0 Å². The van der Waals surface area contributed by atoms with E-state index in [4.69, 9.17) is 0 Å². The van der Waals surface area contributed by atoms with Gasteiger partial charge < -0.3 is 0 Å². The summed E-state index contributed by atoms with van der Waals surface area (Å²) in [6.07, 6.45) is 8.38. The van der Waals surface area contributed by atoms with Crippen molar-refractivity contribution in [2.75, 3.05) is 0 Å². The topological polar surface area (TPSA) is 0 Å². The van der Waals surface area contributed by atoms with Crippen LogP contribution in [0.2, 0.25) is 0 Å². The van der Waals surface area contributed by atoms with Gasteiger partial charge in [0, 0.05) is 15.2 Å². The zero-order valence-corrected chi connectivity index (χ0v) is 23.9. The van der Waals surface area contributed by atoms with Gasteiger partial charge in [0.1, 0.15) is 0 Å². The van der Waals surface area contributed by atoms with Gasteiger partial charge in [-0.25, -0.2) is 0 Å². The average Bonchev–Trinajstić information content (AvgIpc) is 3.35. The lowest BCUT2D eigenvalue weighted by Crippen LogP contribution is -2.29. The largest absolute Gasteiger partial charge is 0.0991 e. The highest BCUT2D eigenvalue weighted by Crippen LogP contribution is 2.61. The van der Waals surface area contributed by atoms with Crippen LogP contribution in [-0.2, 0) is 5.41 Å². The molecule has 1 aliphatic carbocycles. The molecular formula is C41H28S. The highest BCUT2D eigenvalue weighted by Gasteiger charge is 2.48. The molecule has 0 spiro atoms. The van der Waals surface area contributed by atoms with Gasteiger partial charge in [-0.3, -0.25) is 0 Å². The molecule has 1 heterocycles. The molecule has 2 aliphatic rings. The maximum Gasteiger partial charge on any atom is 0.0719 e. The quantitative estimate of drug-likeness (QED) is 0.191. The Morgan fingerprint density at radius 1 is 0.571 bits per heavy atom. The van der Waals surface area contributed by atoms with Gasteiger partial charge in [-0.2, -0.15) is 0 Å². The molecule has 0 nitrogen and oxygen atoms in total. The summed E-state index contributed by atoms with van der Waals surface area (Å²) in [7, 11) is 0. The molecule has 6 aromatic rings. The van der Waals surface area contributed by atoms with E-state index in [9.17, 15) is 0 Å². The van der Waals surface area contributed by atoms with Crippen LogP contribution >= 0.6 is 11.8 Å². The molecule has 42 heavy (non-hydrogen) atoms. The molecule has 0 atom stereocenters. The number of benzene rings is 6. The molecule has 6 aromatic carbocycles. The second-order valence-corrected chi connectivity index (χ2v) is 11.9. The first-order valence-corrected chi connectivity index (χ1v) is 15.2. The minimum atomic E-state index is -0.515. The summed E-state index contributed by atoms with van der Waals surface area (Å²) in [6, 6.07) is 49.2. The second kappa shape index (κ2) is 9.91. The molecule has 0 aromatic heterocycles. The Hall–Kier alpha value is -4.85. The Kier molecular flexibility index (Phi) is 5.87. The van der Waals surface area contributed by atoms with Crippen LogP contribution in [0.4, 0.5) is 0 Å². The van der Waals surface area contributed by atoms with Crippen LogP contribution in [0.3, 0.4) is 0 Å². The van der Waals surface area contributed by atoms with E-state index in [0.717, 1.165) is 0 Å². The molecule has 0 bridgehead atoms. The van der Waals surface area contributed by atoms with Crippen molar-refractivity contribution >= 4 is 28.1 Å². The molecule has 1 aliphatic heterocycles. The van der Waals surface area contributed by atoms with Gasteiger partial charge in [0.15, 0.2) is 0 Å². The SMILES string of the molecule is C=C/C=C\C=C(/c1ccc2cccc3c2c1-c1ccccc1S3)C1(c2ccccc2)c2ccccc2-c2ccccc21. The predicted octanol–water partition coefficient (Wildman–Crippen LogP) is 11.1. The molecule has 8 rings (SSSR count).